The van der Waals surface area contributed by atoms with Gasteiger partial charge in [0.1, 0.15) is 0 Å². The summed E-state index contributed by atoms with van der Waals surface area (Å²) in [6.07, 6.45) is 0. The summed E-state index contributed by atoms with van der Waals surface area (Å²) in [7, 11) is 1.50. The van der Waals surface area contributed by atoms with Gasteiger partial charge in [0.2, 0.25) is 0 Å². The van der Waals surface area contributed by atoms with Gasteiger partial charge in [-0.15, -0.1) is 0 Å². The van der Waals surface area contributed by atoms with Gasteiger partial charge in [0.15, 0.2) is 0 Å². The maximum absolute atomic E-state index is 5.78. The van der Waals surface area contributed by atoms with E-state index >= 15 is 0 Å². The molecule has 1 aromatic rings. The predicted molar refractivity (Wildman–Crippen MR) is 47.1 cm³/mol. The van der Waals surface area contributed by atoms with Crippen LogP contribution in [-0.4, -0.2) is 7.11 Å². The first kappa shape index (κ1) is 8.65. The summed E-state index contributed by atoms with van der Waals surface area (Å²) in [6.45, 7) is 0. The topological polar surface area (TPSA) is 21.3 Å². The molecule has 2 nitrogen and oxygen atoms in total. The highest BCUT2D eigenvalue weighted by Gasteiger charge is 2.02. The number of nitrogens with one attached hydrogen (secondary N) is 1. The Morgan fingerprint density at radius 1 is 1.27 bits per heavy atom. The summed E-state index contributed by atoms with van der Waals surface area (Å²) in [5.41, 5.74) is 3.18. The van der Waals surface area contributed by atoms with Crippen molar-refractivity contribution in [3.63, 3.8) is 0 Å². The molecule has 1 rings (SSSR count). The fourth-order valence-corrected chi connectivity index (χ4v) is 1.17. The van der Waals surface area contributed by atoms with Crippen LogP contribution in [0.1, 0.15) is 0 Å². The molecule has 60 valence electrons. The van der Waals surface area contributed by atoms with Crippen LogP contribution >= 0.6 is 23.2 Å². The van der Waals surface area contributed by atoms with Crippen LogP contribution in [0.3, 0.4) is 0 Å². The van der Waals surface area contributed by atoms with Crippen LogP contribution in [0.2, 0.25) is 10.0 Å². The zero-order chi connectivity index (χ0) is 8.27. The summed E-state index contributed by atoms with van der Waals surface area (Å²) in [6, 6.07) is 5.23. The molecule has 1 aromatic carbocycles. The van der Waals surface area contributed by atoms with Gasteiger partial charge < -0.3 is 0 Å². The lowest BCUT2D eigenvalue weighted by atomic mass is 10.3. The van der Waals surface area contributed by atoms with Crippen LogP contribution in [0.15, 0.2) is 18.2 Å². The van der Waals surface area contributed by atoms with Crippen molar-refractivity contribution in [3.8, 4) is 0 Å². The molecule has 0 radical (unpaired) electrons. The van der Waals surface area contributed by atoms with Gasteiger partial charge >= 0.3 is 0 Å². The highest BCUT2D eigenvalue weighted by atomic mass is 35.5. The highest BCUT2D eigenvalue weighted by molar-refractivity contribution is 6.38. The Hall–Kier alpha value is -0.440. The minimum atomic E-state index is 0.541. The lowest BCUT2D eigenvalue weighted by Crippen LogP contribution is -1.96. The Labute approximate surface area is 75.0 Å². The first-order valence-electron chi connectivity index (χ1n) is 2.98. The van der Waals surface area contributed by atoms with E-state index in [-0.39, 0.29) is 0 Å². The Kier molecular flexibility index (Phi) is 3.00. The minimum Gasteiger partial charge on any atom is -0.279 e. The van der Waals surface area contributed by atoms with Gasteiger partial charge in [0, 0.05) is 0 Å². The zero-order valence-electron chi connectivity index (χ0n) is 5.90. The van der Waals surface area contributed by atoms with Gasteiger partial charge in [-0.05, 0) is 12.1 Å². The largest absolute Gasteiger partial charge is 0.279 e. The SMILES string of the molecule is CONc1c(Cl)cccc1Cl. The normalized spacial score (nSPS) is 9.73. The van der Waals surface area contributed by atoms with Gasteiger partial charge in [0.05, 0.1) is 22.8 Å². The van der Waals surface area contributed by atoms with Gasteiger partial charge in [-0.25, -0.2) is 0 Å². The van der Waals surface area contributed by atoms with Crippen molar-refractivity contribution in [2.24, 2.45) is 0 Å². The highest BCUT2D eigenvalue weighted by Crippen LogP contribution is 2.29. The number of halogens is 2. The Balaban J connectivity index is 3.00. The molecule has 0 aliphatic carbocycles. The van der Waals surface area contributed by atoms with Crippen LogP contribution in [0.4, 0.5) is 5.69 Å². The average Bonchev–Trinajstić information content (AvgIpc) is 1.97. The van der Waals surface area contributed by atoms with E-state index in [4.69, 9.17) is 23.2 Å². The van der Waals surface area contributed by atoms with Crippen LogP contribution in [0, 0.1) is 0 Å². The quantitative estimate of drug-likeness (QED) is 0.727. The van der Waals surface area contributed by atoms with E-state index in [1.54, 1.807) is 18.2 Å². The summed E-state index contributed by atoms with van der Waals surface area (Å²) < 4.78 is 0. The van der Waals surface area contributed by atoms with Gasteiger partial charge in [-0.2, -0.15) is 0 Å². The molecule has 0 bridgehead atoms. The molecule has 0 atom stereocenters. The summed E-state index contributed by atoms with van der Waals surface area (Å²) in [5.74, 6) is 0. The molecule has 0 saturated heterocycles. The van der Waals surface area contributed by atoms with Gasteiger partial charge in [0.25, 0.3) is 0 Å². The molecule has 0 fully saturated rings. The third kappa shape index (κ3) is 1.99. The fourth-order valence-electron chi connectivity index (χ4n) is 0.697. The van der Waals surface area contributed by atoms with Gasteiger partial charge in [-0.1, -0.05) is 29.3 Å². The second-order valence-corrected chi connectivity index (χ2v) is 2.72. The Morgan fingerprint density at radius 2 is 1.82 bits per heavy atom. The predicted octanol–water partition coefficient (Wildman–Crippen LogP) is 2.97. The number of rotatable bonds is 2. The molecule has 0 aromatic heterocycles. The van der Waals surface area contributed by atoms with Crippen LogP contribution in [0.5, 0.6) is 0 Å². The molecule has 0 saturated carbocycles. The Morgan fingerprint density at radius 3 is 2.27 bits per heavy atom. The molecule has 4 heteroatoms. The first-order valence-corrected chi connectivity index (χ1v) is 3.74. The number of hydrogen-bond donors (Lipinski definition) is 1. The second kappa shape index (κ2) is 3.81. The zero-order valence-corrected chi connectivity index (χ0v) is 7.41. The number of benzene rings is 1. The van der Waals surface area contributed by atoms with E-state index < -0.39 is 0 Å². The first-order chi connectivity index (χ1) is 5.25. The number of hydrogen-bond acceptors (Lipinski definition) is 2. The Bertz CT molecular complexity index is 232. The number of para-hydroxylation sites is 1. The van der Waals surface area contributed by atoms with Crippen molar-refractivity contribution in [2.75, 3.05) is 12.6 Å². The lowest BCUT2D eigenvalue weighted by molar-refractivity contribution is 0.271. The molecule has 0 amide bonds. The maximum Gasteiger partial charge on any atom is 0.0976 e. The third-order valence-electron chi connectivity index (χ3n) is 1.17. The molecular formula is C7H7Cl2NO. The van der Waals surface area contributed by atoms with Crippen LogP contribution in [-0.2, 0) is 4.84 Å². The summed E-state index contributed by atoms with van der Waals surface area (Å²) >= 11 is 11.6. The third-order valence-corrected chi connectivity index (χ3v) is 1.80. The van der Waals surface area contributed by atoms with Crippen molar-refractivity contribution in [1.82, 2.24) is 0 Å². The van der Waals surface area contributed by atoms with Crippen molar-refractivity contribution in [3.05, 3.63) is 28.2 Å². The summed E-state index contributed by atoms with van der Waals surface area (Å²) in [4.78, 5) is 4.67. The molecule has 1 N–H and O–H groups in total. The lowest BCUT2D eigenvalue weighted by Gasteiger charge is -2.06. The fraction of sp³-hybridized carbons (Fsp3) is 0.143. The summed E-state index contributed by atoms with van der Waals surface area (Å²) in [5, 5.41) is 1.08. The molecule has 0 spiro atoms. The molecular weight excluding hydrogens is 185 g/mol. The van der Waals surface area contributed by atoms with Crippen molar-refractivity contribution < 1.29 is 4.84 Å². The van der Waals surface area contributed by atoms with E-state index in [1.165, 1.54) is 7.11 Å². The van der Waals surface area contributed by atoms with E-state index in [2.05, 4.69) is 10.3 Å². The standard InChI is InChI=1S/C7H7Cl2NO/c1-11-10-7-5(8)3-2-4-6(7)9/h2-4,10H,1H3. The molecule has 0 unspecified atom stereocenters. The van der Waals surface area contributed by atoms with Crippen LogP contribution < -0.4 is 5.48 Å². The van der Waals surface area contributed by atoms with Crippen molar-refractivity contribution in [2.45, 2.75) is 0 Å². The van der Waals surface area contributed by atoms with Gasteiger partial charge in [-0.3, -0.25) is 10.3 Å². The monoisotopic (exact) mass is 191 g/mol. The second-order valence-electron chi connectivity index (χ2n) is 1.90. The smallest absolute Gasteiger partial charge is 0.0976 e. The molecule has 0 aliphatic rings. The van der Waals surface area contributed by atoms with Crippen LogP contribution in [0.25, 0.3) is 0 Å². The molecule has 11 heavy (non-hydrogen) atoms. The van der Waals surface area contributed by atoms with E-state index in [1.807, 2.05) is 0 Å². The average molecular weight is 192 g/mol. The maximum atomic E-state index is 5.78. The van der Waals surface area contributed by atoms with E-state index in [0.29, 0.717) is 15.7 Å². The molecule has 0 heterocycles. The van der Waals surface area contributed by atoms with Crippen molar-refractivity contribution in [1.29, 1.82) is 0 Å². The van der Waals surface area contributed by atoms with E-state index in [0.717, 1.165) is 0 Å². The van der Waals surface area contributed by atoms with Crippen molar-refractivity contribution >= 4 is 28.9 Å². The van der Waals surface area contributed by atoms with E-state index in [9.17, 15) is 0 Å². The minimum absolute atomic E-state index is 0.541. The number of anilines is 1. The molecule has 0 aliphatic heterocycles.